The van der Waals surface area contributed by atoms with Gasteiger partial charge in [-0.1, -0.05) is 72.6 Å². The molecule has 2 fully saturated rings. The highest BCUT2D eigenvalue weighted by Crippen LogP contribution is 2.54. The smallest absolute Gasteiger partial charge is 0.304 e. The standard InChI is InChI=1S/C33H35Cl2FN2O5S/c1-20(26-8-3-4-9-28(26)36)44(42,43)37-19-29(21-10-11-21)38-31(22-12-14-24(34)15-13-22)27(23-6-5-7-25(35)16-23)17-33(2,32(38)41)18-30(39)40/h3-9,12-16,20-21,27,29,31,37H,10-11,17-19H2,1-2H3,(H,39,40). The summed E-state index contributed by atoms with van der Waals surface area (Å²) in [6.07, 6.45) is 1.42. The Morgan fingerprint density at radius 2 is 1.73 bits per heavy atom. The van der Waals surface area contributed by atoms with Gasteiger partial charge < -0.3 is 10.0 Å². The molecule has 1 saturated carbocycles. The maximum Gasteiger partial charge on any atom is 0.304 e. The van der Waals surface area contributed by atoms with Crippen LogP contribution in [0.25, 0.3) is 0 Å². The van der Waals surface area contributed by atoms with Crippen LogP contribution in [-0.2, 0) is 19.6 Å². The summed E-state index contributed by atoms with van der Waals surface area (Å²) in [6.45, 7) is 2.99. The van der Waals surface area contributed by atoms with Crippen LogP contribution in [-0.4, -0.2) is 42.9 Å². The molecule has 1 aliphatic carbocycles. The quantitative estimate of drug-likeness (QED) is 0.228. The van der Waals surface area contributed by atoms with Crippen LogP contribution in [0.5, 0.6) is 0 Å². The van der Waals surface area contributed by atoms with Crippen molar-refractivity contribution in [3.8, 4) is 0 Å². The number of carboxylic acids is 1. The molecule has 5 rings (SSSR count). The van der Waals surface area contributed by atoms with Gasteiger partial charge in [0, 0.05) is 34.1 Å². The molecule has 234 valence electrons. The summed E-state index contributed by atoms with van der Waals surface area (Å²) in [5.41, 5.74) is 0.410. The van der Waals surface area contributed by atoms with Crippen molar-refractivity contribution in [1.29, 1.82) is 0 Å². The molecule has 0 radical (unpaired) electrons. The number of amides is 1. The zero-order chi connectivity index (χ0) is 31.8. The number of aliphatic carboxylic acids is 1. The second-order valence-electron chi connectivity index (χ2n) is 12.2. The Morgan fingerprint density at radius 1 is 1.05 bits per heavy atom. The van der Waals surface area contributed by atoms with E-state index in [1.54, 1.807) is 36.1 Å². The van der Waals surface area contributed by atoms with E-state index >= 15 is 0 Å². The first-order chi connectivity index (χ1) is 20.8. The van der Waals surface area contributed by atoms with Gasteiger partial charge in [-0.3, -0.25) is 9.59 Å². The number of halogens is 3. The molecule has 1 saturated heterocycles. The van der Waals surface area contributed by atoms with Crippen LogP contribution in [0.3, 0.4) is 0 Å². The minimum Gasteiger partial charge on any atom is -0.481 e. The molecule has 1 heterocycles. The van der Waals surface area contributed by atoms with Crippen LogP contribution in [0.15, 0.2) is 72.8 Å². The minimum atomic E-state index is -4.06. The van der Waals surface area contributed by atoms with Gasteiger partial charge in [-0.2, -0.15) is 0 Å². The van der Waals surface area contributed by atoms with E-state index in [4.69, 9.17) is 23.2 Å². The molecule has 11 heteroatoms. The van der Waals surface area contributed by atoms with Crippen molar-refractivity contribution in [2.45, 2.75) is 62.8 Å². The lowest BCUT2D eigenvalue weighted by atomic mass is 9.67. The average molecular weight is 662 g/mol. The van der Waals surface area contributed by atoms with Gasteiger partial charge in [0.05, 0.1) is 17.9 Å². The predicted molar refractivity (Wildman–Crippen MR) is 168 cm³/mol. The molecule has 7 nitrogen and oxygen atoms in total. The highest BCUT2D eigenvalue weighted by atomic mass is 35.5. The number of sulfonamides is 1. The summed E-state index contributed by atoms with van der Waals surface area (Å²) in [6, 6.07) is 19.1. The van der Waals surface area contributed by atoms with E-state index in [2.05, 4.69) is 4.72 Å². The molecule has 0 spiro atoms. The van der Waals surface area contributed by atoms with Crippen molar-refractivity contribution in [2.24, 2.45) is 11.3 Å². The fraction of sp³-hybridized carbons (Fsp3) is 0.394. The van der Waals surface area contributed by atoms with Crippen LogP contribution in [0, 0.1) is 17.2 Å². The Balaban J connectivity index is 1.59. The second kappa shape index (κ2) is 12.8. The van der Waals surface area contributed by atoms with Gasteiger partial charge in [0.2, 0.25) is 15.9 Å². The molecule has 0 bridgehead atoms. The highest BCUT2D eigenvalue weighted by Gasteiger charge is 2.54. The van der Waals surface area contributed by atoms with Crippen LogP contribution in [0.2, 0.25) is 10.0 Å². The summed E-state index contributed by atoms with van der Waals surface area (Å²) in [4.78, 5) is 28.4. The average Bonchev–Trinajstić information content (AvgIpc) is 3.81. The van der Waals surface area contributed by atoms with E-state index in [1.807, 2.05) is 30.3 Å². The molecule has 44 heavy (non-hydrogen) atoms. The molecule has 2 N–H and O–H groups in total. The molecule has 5 unspecified atom stereocenters. The minimum absolute atomic E-state index is 0.00703. The van der Waals surface area contributed by atoms with Gasteiger partial charge in [-0.15, -0.1) is 0 Å². The van der Waals surface area contributed by atoms with Gasteiger partial charge in [0.25, 0.3) is 0 Å². The fourth-order valence-corrected chi connectivity index (χ4v) is 8.02. The molecule has 1 aliphatic heterocycles. The van der Waals surface area contributed by atoms with Crippen LogP contribution < -0.4 is 4.72 Å². The maximum absolute atomic E-state index is 14.6. The van der Waals surface area contributed by atoms with Crippen molar-refractivity contribution >= 4 is 45.1 Å². The Hall–Kier alpha value is -2.98. The maximum atomic E-state index is 14.6. The first-order valence-electron chi connectivity index (χ1n) is 14.6. The first-order valence-corrected chi connectivity index (χ1v) is 16.9. The Morgan fingerprint density at radius 3 is 2.34 bits per heavy atom. The van der Waals surface area contributed by atoms with Gasteiger partial charge in [0.15, 0.2) is 0 Å². The number of carbonyl (C=O) groups excluding carboxylic acids is 1. The van der Waals surface area contributed by atoms with Gasteiger partial charge in [0.1, 0.15) is 11.1 Å². The number of likely N-dealkylation sites (tertiary alicyclic amines) is 1. The largest absolute Gasteiger partial charge is 0.481 e. The zero-order valence-corrected chi connectivity index (χ0v) is 26.7. The van der Waals surface area contributed by atoms with E-state index in [0.717, 1.165) is 24.0 Å². The van der Waals surface area contributed by atoms with Crippen molar-refractivity contribution in [3.63, 3.8) is 0 Å². The van der Waals surface area contributed by atoms with Crippen LogP contribution >= 0.6 is 23.2 Å². The molecule has 1 amide bonds. The summed E-state index contributed by atoms with van der Waals surface area (Å²) < 4.78 is 44.2. The van der Waals surface area contributed by atoms with E-state index in [-0.39, 0.29) is 42.7 Å². The summed E-state index contributed by atoms with van der Waals surface area (Å²) in [7, 11) is -4.06. The third-order valence-electron chi connectivity index (χ3n) is 8.96. The first kappa shape index (κ1) is 32.4. The number of rotatable bonds is 11. The topological polar surface area (TPSA) is 104 Å². The lowest BCUT2D eigenvalue weighted by Crippen LogP contribution is -2.59. The number of piperidine rings is 1. The van der Waals surface area contributed by atoms with Crippen molar-refractivity contribution in [1.82, 2.24) is 9.62 Å². The molecular weight excluding hydrogens is 626 g/mol. The van der Waals surface area contributed by atoms with Gasteiger partial charge >= 0.3 is 5.97 Å². The summed E-state index contributed by atoms with van der Waals surface area (Å²) in [5, 5.41) is 9.73. The molecule has 3 aromatic rings. The number of hydrogen-bond acceptors (Lipinski definition) is 4. The van der Waals surface area contributed by atoms with E-state index in [0.29, 0.717) is 10.0 Å². The van der Waals surface area contributed by atoms with Crippen molar-refractivity contribution in [3.05, 3.63) is 105 Å². The Bertz CT molecular complexity index is 1650. The van der Waals surface area contributed by atoms with E-state index in [9.17, 15) is 27.5 Å². The molecular formula is C33H35Cl2FN2O5S. The third kappa shape index (κ3) is 6.81. The monoisotopic (exact) mass is 660 g/mol. The highest BCUT2D eigenvalue weighted by molar-refractivity contribution is 7.89. The molecule has 0 aromatic heterocycles. The third-order valence-corrected chi connectivity index (χ3v) is 11.2. The van der Waals surface area contributed by atoms with Gasteiger partial charge in [-0.05, 0) is 73.6 Å². The normalized spacial score (nSPS) is 23.8. The summed E-state index contributed by atoms with van der Waals surface area (Å²) >= 11 is 12.7. The van der Waals surface area contributed by atoms with E-state index < -0.39 is 44.6 Å². The van der Waals surface area contributed by atoms with Crippen LogP contribution in [0.4, 0.5) is 4.39 Å². The van der Waals surface area contributed by atoms with E-state index in [1.165, 1.54) is 25.1 Å². The van der Waals surface area contributed by atoms with Crippen LogP contribution in [0.1, 0.15) is 73.4 Å². The number of hydrogen-bond donors (Lipinski definition) is 2. The lowest BCUT2D eigenvalue weighted by Gasteiger charge is -2.52. The zero-order valence-electron chi connectivity index (χ0n) is 24.4. The number of carbonyl (C=O) groups is 2. The van der Waals surface area contributed by atoms with Gasteiger partial charge in [-0.25, -0.2) is 17.5 Å². The fourth-order valence-electron chi connectivity index (χ4n) is 6.52. The van der Waals surface area contributed by atoms with Crippen molar-refractivity contribution in [2.75, 3.05) is 6.54 Å². The number of nitrogens with one attached hydrogen (secondary N) is 1. The molecule has 2 aliphatic rings. The number of benzene rings is 3. The number of carboxylic acid groups (broad SMARTS) is 1. The predicted octanol–water partition coefficient (Wildman–Crippen LogP) is 7.13. The second-order valence-corrected chi connectivity index (χ2v) is 15.1. The summed E-state index contributed by atoms with van der Waals surface area (Å²) in [5.74, 6) is -2.43. The SMILES string of the molecule is CC(c1ccccc1F)S(=O)(=O)NCC(C1CC1)N1C(=O)C(C)(CC(=O)O)CC(c2cccc(Cl)c2)C1c1ccc(Cl)cc1. The Kier molecular flexibility index (Phi) is 9.42. The Labute approximate surface area is 267 Å². The molecule has 3 aromatic carbocycles. The van der Waals surface area contributed by atoms with Crippen molar-refractivity contribution < 1.29 is 27.5 Å². The molecule has 5 atom stereocenters. The number of nitrogens with zero attached hydrogens (tertiary/aromatic N) is 1. The lowest BCUT2D eigenvalue weighted by molar-refractivity contribution is -0.161.